The van der Waals surface area contributed by atoms with Crippen LogP contribution in [-0.4, -0.2) is 4.98 Å². The lowest BCUT2D eigenvalue weighted by atomic mass is 10.0. The monoisotopic (exact) mass is 231 g/mol. The molecule has 86 valence electrons. The Morgan fingerprint density at radius 1 is 0.778 bits per heavy atom. The molecule has 1 N–H and O–H groups in total. The molecular formula is C17H13N. The summed E-state index contributed by atoms with van der Waals surface area (Å²) in [6, 6.07) is 19.5. The van der Waals surface area contributed by atoms with Crippen LogP contribution in [0.4, 0.5) is 0 Å². The molecule has 1 heterocycles. The highest BCUT2D eigenvalue weighted by Crippen LogP contribution is 2.31. The fourth-order valence-corrected chi connectivity index (χ4v) is 2.77. The van der Waals surface area contributed by atoms with Crippen molar-refractivity contribution in [2.24, 2.45) is 0 Å². The molecule has 0 unspecified atom stereocenters. The maximum atomic E-state index is 3.54. The van der Waals surface area contributed by atoms with Crippen LogP contribution in [0, 0.1) is 6.92 Å². The van der Waals surface area contributed by atoms with E-state index in [0.29, 0.717) is 0 Å². The summed E-state index contributed by atoms with van der Waals surface area (Å²) in [6.07, 6.45) is 0. The second-order valence-electron chi connectivity index (χ2n) is 4.88. The number of H-pyrrole nitrogens is 1. The zero-order valence-electron chi connectivity index (χ0n) is 10.2. The van der Waals surface area contributed by atoms with Gasteiger partial charge in [0.2, 0.25) is 0 Å². The van der Waals surface area contributed by atoms with Crippen LogP contribution in [0.3, 0.4) is 0 Å². The maximum absolute atomic E-state index is 3.54. The highest BCUT2D eigenvalue weighted by atomic mass is 14.7. The summed E-state index contributed by atoms with van der Waals surface area (Å²) in [4.78, 5) is 3.54. The Morgan fingerprint density at radius 3 is 2.56 bits per heavy atom. The maximum Gasteiger partial charge on any atom is 0.0544 e. The van der Waals surface area contributed by atoms with Gasteiger partial charge < -0.3 is 4.98 Å². The molecule has 1 aromatic heterocycles. The number of benzene rings is 3. The molecule has 0 fully saturated rings. The Balaban J connectivity index is 2.28. The highest BCUT2D eigenvalue weighted by Gasteiger charge is 2.06. The standard InChI is InChI=1S/C17H13N/c1-11-6-8-13-12(10-11)7-9-15-14-4-2-3-5-16(14)18-17(13)15/h2-10,18H,1H3. The lowest BCUT2D eigenvalue weighted by Crippen LogP contribution is -1.77. The third-order valence-corrected chi connectivity index (χ3v) is 3.65. The van der Waals surface area contributed by atoms with Gasteiger partial charge >= 0.3 is 0 Å². The molecule has 1 nitrogen and oxygen atoms in total. The number of aromatic amines is 1. The van der Waals surface area contributed by atoms with Crippen molar-refractivity contribution in [2.45, 2.75) is 6.92 Å². The van der Waals surface area contributed by atoms with Crippen molar-refractivity contribution in [3.8, 4) is 0 Å². The first-order valence-electron chi connectivity index (χ1n) is 6.23. The number of fused-ring (bicyclic) bond motifs is 5. The van der Waals surface area contributed by atoms with Gasteiger partial charge in [-0.05, 0) is 18.4 Å². The van der Waals surface area contributed by atoms with Crippen LogP contribution >= 0.6 is 0 Å². The van der Waals surface area contributed by atoms with Gasteiger partial charge in [-0.2, -0.15) is 0 Å². The molecule has 0 saturated carbocycles. The first-order valence-corrected chi connectivity index (χ1v) is 6.23. The Bertz CT molecular complexity index is 884. The third kappa shape index (κ3) is 1.22. The average molecular weight is 231 g/mol. The van der Waals surface area contributed by atoms with Crippen molar-refractivity contribution in [1.29, 1.82) is 0 Å². The predicted molar refractivity (Wildman–Crippen MR) is 78.0 cm³/mol. The van der Waals surface area contributed by atoms with Gasteiger partial charge in [-0.3, -0.25) is 0 Å². The minimum Gasteiger partial charge on any atom is -0.354 e. The van der Waals surface area contributed by atoms with Crippen LogP contribution < -0.4 is 0 Å². The van der Waals surface area contributed by atoms with Gasteiger partial charge in [0.05, 0.1) is 5.52 Å². The minimum absolute atomic E-state index is 1.21. The quantitative estimate of drug-likeness (QED) is 0.448. The molecule has 0 radical (unpaired) electrons. The van der Waals surface area contributed by atoms with Gasteiger partial charge in [-0.15, -0.1) is 0 Å². The largest absolute Gasteiger partial charge is 0.354 e. The van der Waals surface area contributed by atoms with E-state index in [1.54, 1.807) is 0 Å². The lowest BCUT2D eigenvalue weighted by Gasteiger charge is -2.01. The van der Waals surface area contributed by atoms with Crippen LogP contribution in [0.1, 0.15) is 5.56 Å². The zero-order chi connectivity index (χ0) is 12.1. The number of aromatic nitrogens is 1. The fraction of sp³-hybridized carbons (Fsp3) is 0.0588. The summed E-state index contributed by atoms with van der Waals surface area (Å²) in [6.45, 7) is 2.13. The Labute approximate surface area is 105 Å². The number of hydrogen-bond acceptors (Lipinski definition) is 0. The predicted octanol–water partition coefficient (Wildman–Crippen LogP) is 4.78. The second-order valence-corrected chi connectivity index (χ2v) is 4.88. The van der Waals surface area contributed by atoms with E-state index in [-0.39, 0.29) is 0 Å². The molecule has 18 heavy (non-hydrogen) atoms. The molecule has 4 rings (SSSR count). The molecule has 0 bridgehead atoms. The molecule has 0 saturated heterocycles. The minimum atomic E-state index is 1.21. The van der Waals surface area contributed by atoms with Gasteiger partial charge in [-0.1, -0.05) is 54.1 Å². The molecule has 3 aromatic carbocycles. The molecule has 0 aliphatic rings. The van der Waals surface area contributed by atoms with Crippen molar-refractivity contribution >= 4 is 32.6 Å². The smallest absolute Gasteiger partial charge is 0.0544 e. The summed E-state index contributed by atoms with van der Waals surface area (Å²) in [5, 5.41) is 5.21. The molecule has 0 spiro atoms. The van der Waals surface area contributed by atoms with Crippen molar-refractivity contribution in [3.63, 3.8) is 0 Å². The average Bonchev–Trinajstić information content (AvgIpc) is 2.77. The summed E-state index contributed by atoms with van der Waals surface area (Å²) in [5.74, 6) is 0. The van der Waals surface area contributed by atoms with E-state index in [1.807, 2.05) is 0 Å². The van der Waals surface area contributed by atoms with Gasteiger partial charge in [0.1, 0.15) is 0 Å². The second kappa shape index (κ2) is 3.36. The van der Waals surface area contributed by atoms with E-state index < -0.39 is 0 Å². The van der Waals surface area contributed by atoms with Crippen LogP contribution in [0.25, 0.3) is 32.6 Å². The molecule has 0 aliphatic heterocycles. The Kier molecular flexibility index (Phi) is 1.81. The van der Waals surface area contributed by atoms with Crippen molar-refractivity contribution in [3.05, 3.63) is 60.2 Å². The summed E-state index contributed by atoms with van der Waals surface area (Å²) in [7, 11) is 0. The molecule has 0 aliphatic carbocycles. The number of aryl methyl sites for hydroxylation is 1. The molecule has 0 amide bonds. The lowest BCUT2D eigenvalue weighted by molar-refractivity contribution is 1.50. The van der Waals surface area contributed by atoms with Crippen LogP contribution in [-0.2, 0) is 0 Å². The summed E-state index contributed by atoms with van der Waals surface area (Å²) >= 11 is 0. The van der Waals surface area contributed by atoms with Crippen LogP contribution in [0.15, 0.2) is 54.6 Å². The van der Waals surface area contributed by atoms with Gasteiger partial charge in [0.25, 0.3) is 0 Å². The van der Waals surface area contributed by atoms with Crippen molar-refractivity contribution < 1.29 is 0 Å². The Hall–Kier alpha value is -2.28. The van der Waals surface area contributed by atoms with Gasteiger partial charge in [0.15, 0.2) is 0 Å². The number of rotatable bonds is 0. The number of hydrogen-bond donors (Lipinski definition) is 1. The van der Waals surface area contributed by atoms with Crippen molar-refractivity contribution in [1.82, 2.24) is 4.98 Å². The number of para-hydroxylation sites is 1. The number of nitrogens with one attached hydrogen (secondary N) is 1. The fourth-order valence-electron chi connectivity index (χ4n) is 2.77. The first kappa shape index (κ1) is 9.72. The van der Waals surface area contributed by atoms with E-state index >= 15 is 0 Å². The topological polar surface area (TPSA) is 15.8 Å². The van der Waals surface area contributed by atoms with Crippen LogP contribution in [0.2, 0.25) is 0 Å². The van der Waals surface area contributed by atoms with E-state index in [4.69, 9.17) is 0 Å². The van der Waals surface area contributed by atoms with E-state index in [0.717, 1.165) is 0 Å². The molecule has 4 aromatic rings. The highest BCUT2D eigenvalue weighted by molar-refractivity contribution is 6.16. The molecule has 1 heteroatoms. The normalized spacial score (nSPS) is 11.6. The third-order valence-electron chi connectivity index (χ3n) is 3.65. The Morgan fingerprint density at radius 2 is 1.61 bits per heavy atom. The van der Waals surface area contributed by atoms with E-state index in [1.165, 1.54) is 38.1 Å². The molecule has 0 atom stereocenters. The first-order chi connectivity index (χ1) is 8.83. The van der Waals surface area contributed by atoms with E-state index in [9.17, 15) is 0 Å². The van der Waals surface area contributed by atoms with Crippen LogP contribution in [0.5, 0.6) is 0 Å². The van der Waals surface area contributed by atoms with Gasteiger partial charge in [-0.25, -0.2) is 0 Å². The zero-order valence-corrected chi connectivity index (χ0v) is 10.2. The summed E-state index contributed by atoms with van der Waals surface area (Å²) < 4.78 is 0. The molecular weight excluding hydrogens is 218 g/mol. The van der Waals surface area contributed by atoms with Gasteiger partial charge in [0, 0.05) is 21.7 Å². The SMILES string of the molecule is Cc1ccc2c(ccc3c4ccccc4[nH]c23)c1. The van der Waals surface area contributed by atoms with Crippen molar-refractivity contribution in [2.75, 3.05) is 0 Å². The summed E-state index contributed by atoms with van der Waals surface area (Å²) in [5.41, 5.74) is 3.76. The van der Waals surface area contributed by atoms with E-state index in [2.05, 4.69) is 66.5 Å².